The third-order valence-electron chi connectivity index (χ3n) is 2.88. The maximum Gasteiger partial charge on any atom is 0.159 e. The van der Waals surface area contributed by atoms with Crippen molar-refractivity contribution in [1.29, 1.82) is 0 Å². The first kappa shape index (κ1) is 17.1. The fourth-order valence-corrected chi connectivity index (χ4v) is 3.78. The number of Topliss-reactive ketones (excluding diaryl/α,β-unsaturated/α-hetero) is 1. The van der Waals surface area contributed by atoms with E-state index in [1.165, 1.54) is 14.0 Å². The van der Waals surface area contributed by atoms with Crippen LogP contribution in [-0.4, -0.2) is 12.9 Å². The fourth-order valence-electron chi connectivity index (χ4n) is 1.79. The molecule has 5 nitrogen and oxygen atoms in total. The Bertz CT molecular complexity index is 725. The van der Waals surface area contributed by atoms with Crippen molar-refractivity contribution in [1.82, 2.24) is 0 Å². The average Bonchev–Trinajstić information content (AvgIpc) is 2.50. The first-order chi connectivity index (χ1) is 10.5. The smallest absolute Gasteiger partial charge is 0.159 e. The molecule has 2 aromatic carbocycles. The summed E-state index contributed by atoms with van der Waals surface area (Å²) in [6.07, 6.45) is 0. The van der Waals surface area contributed by atoms with Crippen molar-refractivity contribution >= 4 is 56.7 Å². The monoisotopic (exact) mass is 521 g/mol. The van der Waals surface area contributed by atoms with Crippen LogP contribution in [0.5, 0.6) is 17.2 Å². The molecular formula is C15H11I2N2O3-. The highest BCUT2D eigenvalue weighted by atomic mass is 127. The van der Waals surface area contributed by atoms with Gasteiger partial charge in [0.25, 0.3) is 0 Å². The lowest BCUT2D eigenvalue weighted by molar-refractivity contribution is 0.101. The predicted octanol–water partition coefficient (Wildman–Crippen LogP) is 5.55. The first-order valence-corrected chi connectivity index (χ1v) is 8.33. The second kappa shape index (κ2) is 7.36. The van der Waals surface area contributed by atoms with Gasteiger partial charge in [-0.25, -0.2) is 0 Å². The number of benzene rings is 2. The molecule has 0 saturated carbocycles. The molecule has 0 N–H and O–H groups in total. The number of methoxy groups -OCH3 is 1. The summed E-state index contributed by atoms with van der Waals surface area (Å²) in [5, 5.41) is 3.17. The molecule has 0 fully saturated rings. The molecule has 0 saturated heterocycles. The maximum atomic E-state index is 11.5. The van der Waals surface area contributed by atoms with E-state index in [1.54, 1.807) is 30.3 Å². The van der Waals surface area contributed by atoms with E-state index in [0.29, 0.717) is 22.8 Å². The normalized spacial score (nSPS) is 10.2. The van der Waals surface area contributed by atoms with Crippen molar-refractivity contribution in [2.75, 3.05) is 7.11 Å². The summed E-state index contributed by atoms with van der Waals surface area (Å²) in [7, 11) is 1.50. The zero-order valence-corrected chi connectivity index (χ0v) is 16.1. The number of nitrogens with zero attached hydrogens (tertiary/aromatic N) is 2. The SMILES string of the molecule is COc1ccc(Oc2c(I)cc(C(C)=O)cc2I)cc1N=[N-]. The van der Waals surface area contributed by atoms with Crippen LogP contribution >= 0.6 is 45.2 Å². The summed E-state index contributed by atoms with van der Waals surface area (Å²) in [4.78, 5) is 11.5. The van der Waals surface area contributed by atoms with Crippen molar-refractivity contribution in [2.45, 2.75) is 6.92 Å². The Morgan fingerprint density at radius 3 is 2.32 bits per heavy atom. The maximum absolute atomic E-state index is 11.5. The molecule has 0 heterocycles. The molecule has 0 bridgehead atoms. The summed E-state index contributed by atoms with van der Waals surface area (Å²) < 4.78 is 12.6. The van der Waals surface area contributed by atoms with Crippen LogP contribution in [0.3, 0.4) is 0 Å². The molecule has 22 heavy (non-hydrogen) atoms. The van der Waals surface area contributed by atoms with E-state index >= 15 is 0 Å². The molecule has 2 aromatic rings. The second-order valence-electron chi connectivity index (χ2n) is 4.36. The number of hydrogen-bond donors (Lipinski definition) is 0. The van der Waals surface area contributed by atoms with Crippen LogP contribution in [0.25, 0.3) is 5.53 Å². The lowest BCUT2D eigenvalue weighted by atomic mass is 10.1. The Morgan fingerprint density at radius 1 is 1.18 bits per heavy atom. The van der Waals surface area contributed by atoms with E-state index in [2.05, 4.69) is 50.3 Å². The lowest BCUT2D eigenvalue weighted by Gasteiger charge is -2.13. The lowest BCUT2D eigenvalue weighted by Crippen LogP contribution is -1.98. The minimum Gasteiger partial charge on any atom is -0.706 e. The van der Waals surface area contributed by atoms with Gasteiger partial charge in [0.1, 0.15) is 11.5 Å². The zero-order chi connectivity index (χ0) is 16.3. The van der Waals surface area contributed by atoms with Crippen LogP contribution in [0.1, 0.15) is 17.3 Å². The van der Waals surface area contributed by atoms with Crippen LogP contribution < -0.4 is 9.47 Å². The summed E-state index contributed by atoms with van der Waals surface area (Å²) in [5.41, 5.74) is 9.92. The van der Waals surface area contributed by atoms with Gasteiger partial charge in [-0.05, 0) is 76.4 Å². The average molecular weight is 521 g/mol. The van der Waals surface area contributed by atoms with Gasteiger partial charge in [-0.15, -0.1) is 0 Å². The highest BCUT2D eigenvalue weighted by molar-refractivity contribution is 14.1. The topological polar surface area (TPSA) is 70.2 Å². The van der Waals surface area contributed by atoms with Gasteiger partial charge >= 0.3 is 0 Å². The van der Waals surface area contributed by atoms with E-state index < -0.39 is 0 Å². The number of rotatable bonds is 5. The molecule has 0 unspecified atom stereocenters. The Morgan fingerprint density at radius 2 is 1.82 bits per heavy atom. The van der Waals surface area contributed by atoms with Crippen LogP contribution in [0, 0.1) is 7.14 Å². The molecule has 2 rings (SSSR count). The highest BCUT2D eigenvalue weighted by Crippen LogP contribution is 2.37. The minimum atomic E-state index is 0.00759. The highest BCUT2D eigenvalue weighted by Gasteiger charge is 2.13. The largest absolute Gasteiger partial charge is 0.706 e. The summed E-state index contributed by atoms with van der Waals surface area (Å²) in [5.74, 6) is 1.62. The van der Waals surface area contributed by atoms with Gasteiger partial charge in [0.15, 0.2) is 11.5 Å². The zero-order valence-electron chi connectivity index (χ0n) is 11.8. The molecule has 0 atom stereocenters. The van der Waals surface area contributed by atoms with Crippen molar-refractivity contribution in [2.24, 2.45) is 5.11 Å². The van der Waals surface area contributed by atoms with Gasteiger partial charge in [0, 0.05) is 11.6 Å². The standard InChI is InChI=1S/C15H11I2N2O3/c1-8(20)9-5-11(16)15(12(17)6-9)22-10-3-4-14(21-2)13(7-10)19-18/h3-7H,1-2H3/q-1. The van der Waals surface area contributed by atoms with Gasteiger partial charge < -0.3 is 20.1 Å². The molecule has 7 heteroatoms. The third-order valence-corrected chi connectivity index (χ3v) is 4.49. The fraction of sp³-hybridized carbons (Fsp3) is 0.133. The van der Waals surface area contributed by atoms with Gasteiger partial charge in [-0.3, -0.25) is 4.79 Å². The first-order valence-electron chi connectivity index (χ1n) is 6.17. The number of carbonyl (C=O) groups is 1. The van der Waals surface area contributed by atoms with Crippen LogP contribution in [0.4, 0.5) is 5.69 Å². The van der Waals surface area contributed by atoms with Crippen molar-refractivity contribution in [3.05, 3.63) is 48.6 Å². The molecular weight excluding hydrogens is 510 g/mol. The van der Waals surface area contributed by atoms with Crippen molar-refractivity contribution < 1.29 is 14.3 Å². The van der Waals surface area contributed by atoms with Crippen molar-refractivity contribution in [3.63, 3.8) is 0 Å². The molecule has 0 radical (unpaired) electrons. The number of ketones is 1. The van der Waals surface area contributed by atoms with Crippen LogP contribution in [0.2, 0.25) is 0 Å². The predicted molar refractivity (Wildman–Crippen MR) is 100 cm³/mol. The molecule has 114 valence electrons. The Kier molecular flexibility index (Phi) is 5.73. The molecule has 0 spiro atoms. The quantitative estimate of drug-likeness (QED) is 0.295. The van der Waals surface area contributed by atoms with Crippen molar-refractivity contribution in [3.8, 4) is 17.2 Å². The van der Waals surface area contributed by atoms with Gasteiger partial charge in [-0.2, -0.15) is 0 Å². The Hall–Kier alpha value is -1.23. The van der Waals surface area contributed by atoms with E-state index in [0.717, 1.165) is 7.14 Å². The second-order valence-corrected chi connectivity index (χ2v) is 6.69. The van der Waals surface area contributed by atoms with Crippen LogP contribution in [0.15, 0.2) is 35.4 Å². The molecule has 0 aliphatic carbocycles. The van der Waals surface area contributed by atoms with E-state index in [4.69, 9.17) is 15.0 Å². The van der Waals surface area contributed by atoms with Gasteiger partial charge in [0.2, 0.25) is 0 Å². The summed E-state index contributed by atoms with van der Waals surface area (Å²) >= 11 is 4.25. The molecule has 0 aromatic heterocycles. The Labute approximate surface area is 155 Å². The summed E-state index contributed by atoms with van der Waals surface area (Å²) in [6.45, 7) is 1.53. The Balaban J connectivity index is 2.39. The minimum absolute atomic E-state index is 0.00759. The third kappa shape index (κ3) is 3.75. The molecule has 0 aliphatic rings. The van der Waals surface area contributed by atoms with Gasteiger partial charge in [-0.1, -0.05) is 0 Å². The number of ether oxygens (including phenoxy) is 2. The molecule has 0 aliphatic heterocycles. The number of halogens is 2. The van der Waals surface area contributed by atoms with E-state index in [1.807, 2.05) is 0 Å². The van der Waals surface area contributed by atoms with Gasteiger partial charge in [0.05, 0.1) is 19.9 Å². The number of hydrogen-bond acceptors (Lipinski definition) is 4. The molecule has 0 amide bonds. The van der Waals surface area contributed by atoms with E-state index in [-0.39, 0.29) is 11.5 Å². The summed E-state index contributed by atoms with van der Waals surface area (Å²) in [6, 6.07) is 8.51. The number of carbonyl (C=O) groups excluding carboxylic acids is 1. The van der Waals surface area contributed by atoms with Crippen LogP contribution in [-0.2, 0) is 0 Å². The van der Waals surface area contributed by atoms with E-state index in [9.17, 15) is 4.79 Å².